The number of hydrogen-bond acceptors (Lipinski definition) is 6. The van der Waals surface area contributed by atoms with Crippen molar-refractivity contribution < 1.29 is 17.9 Å². The van der Waals surface area contributed by atoms with E-state index in [-0.39, 0.29) is 12.0 Å². The van der Waals surface area contributed by atoms with Gasteiger partial charge in [-0.1, -0.05) is 41.7 Å². The Hall–Kier alpha value is -2.68. The molecule has 0 saturated carbocycles. The maximum absolute atomic E-state index is 12.6. The van der Waals surface area contributed by atoms with Crippen LogP contribution >= 0.6 is 11.3 Å². The highest BCUT2D eigenvalue weighted by Crippen LogP contribution is 2.30. The second-order valence-corrected chi connectivity index (χ2v) is 7.54. The molecule has 1 saturated heterocycles. The van der Waals surface area contributed by atoms with Crippen LogP contribution in [0.1, 0.15) is 22.6 Å². The van der Waals surface area contributed by atoms with Gasteiger partial charge in [0.25, 0.3) is 0 Å². The fourth-order valence-electron chi connectivity index (χ4n) is 3.00. The third-order valence-electron chi connectivity index (χ3n) is 4.42. The smallest absolute Gasteiger partial charge is 0.417 e. The van der Waals surface area contributed by atoms with Gasteiger partial charge in [0.2, 0.25) is 11.0 Å². The first-order valence-corrected chi connectivity index (χ1v) is 9.60. The normalized spacial score (nSPS) is 17.1. The van der Waals surface area contributed by atoms with E-state index < -0.39 is 11.7 Å². The number of halogens is 3. The van der Waals surface area contributed by atoms with Gasteiger partial charge in [-0.2, -0.15) is 13.2 Å². The van der Waals surface area contributed by atoms with Gasteiger partial charge in [-0.15, -0.1) is 10.2 Å². The predicted octanol–water partition coefficient (Wildman–Crippen LogP) is 4.20. The number of benzene rings is 1. The molecule has 2 aromatic heterocycles. The van der Waals surface area contributed by atoms with Gasteiger partial charge in [-0.05, 0) is 11.6 Å². The summed E-state index contributed by atoms with van der Waals surface area (Å²) >= 11 is 1.55. The monoisotopic (exact) mass is 406 g/mol. The fourth-order valence-corrected chi connectivity index (χ4v) is 3.91. The summed E-state index contributed by atoms with van der Waals surface area (Å²) in [5, 5.41) is 10.3. The number of aromatic nitrogens is 3. The molecule has 0 aliphatic carbocycles. The zero-order valence-corrected chi connectivity index (χ0v) is 15.6. The van der Waals surface area contributed by atoms with Crippen LogP contribution in [0.25, 0.3) is 0 Å². The van der Waals surface area contributed by atoms with Gasteiger partial charge < -0.3 is 9.64 Å². The molecule has 1 unspecified atom stereocenters. The van der Waals surface area contributed by atoms with E-state index in [9.17, 15) is 13.2 Å². The summed E-state index contributed by atoms with van der Waals surface area (Å²) in [6.07, 6.45) is -2.27. The standard InChI is InChI=1S/C19H17F3N4OS/c20-19(21,22)14-6-7-16(23-11-14)27-15-8-9-26(12-15)18-25-24-17(28-18)10-13-4-2-1-3-5-13/h1-7,11,15H,8-10,12H2. The van der Waals surface area contributed by atoms with Crippen molar-refractivity contribution in [1.29, 1.82) is 0 Å². The summed E-state index contributed by atoms with van der Waals surface area (Å²) in [7, 11) is 0. The zero-order chi connectivity index (χ0) is 19.6. The summed E-state index contributed by atoms with van der Waals surface area (Å²) in [5.41, 5.74) is 0.397. The Labute approximate surface area is 163 Å². The molecule has 0 radical (unpaired) electrons. The summed E-state index contributed by atoms with van der Waals surface area (Å²) in [6.45, 7) is 1.36. The number of nitrogens with zero attached hydrogens (tertiary/aromatic N) is 4. The van der Waals surface area contributed by atoms with E-state index in [1.807, 2.05) is 18.2 Å². The number of ether oxygens (including phenoxy) is 1. The average molecular weight is 406 g/mol. The Kier molecular flexibility index (Phi) is 5.17. The van der Waals surface area contributed by atoms with Crippen LogP contribution in [0.2, 0.25) is 0 Å². The minimum Gasteiger partial charge on any atom is -0.472 e. The lowest BCUT2D eigenvalue weighted by molar-refractivity contribution is -0.137. The lowest BCUT2D eigenvalue weighted by Gasteiger charge is -2.15. The highest BCUT2D eigenvalue weighted by Gasteiger charge is 2.31. The van der Waals surface area contributed by atoms with Crippen LogP contribution in [0, 0.1) is 0 Å². The van der Waals surface area contributed by atoms with E-state index in [1.165, 1.54) is 11.6 Å². The quantitative estimate of drug-likeness (QED) is 0.636. The molecule has 1 aromatic carbocycles. The Balaban J connectivity index is 1.34. The van der Waals surface area contributed by atoms with Gasteiger partial charge in [0.1, 0.15) is 11.1 Å². The van der Waals surface area contributed by atoms with E-state index in [0.29, 0.717) is 6.54 Å². The molecule has 3 aromatic rings. The first-order valence-electron chi connectivity index (χ1n) is 8.78. The first-order chi connectivity index (χ1) is 13.5. The minimum absolute atomic E-state index is 0.147. The van der Waals surface area contributed by atoms with Crippen LogP contribution in [-0.4, -0.2) is 34.4 Å². The van der Waals surface area contributed by atoms with Crippen molar-refractivity contribution in [3.63, 3.8) is 0 Å². The van der Waals surface area contributed by atoms with Gasteiger partial charge >= 0.3 is 6.18 Å². The summed E-state index contributed by atoms with van der Waals surface area (Å²) in [5.74, 6) is 0.196. The van der Waals surface area contributed by atoms with Gasteiger partial charge in [0.05, 0.1) is 12.1 Å². The molecule has 9 heteroatoms. The number of alkyl halides is 3. The summed E-state index contributed by atoms with van der Waals surface area (Å²) in [6, 6.07) is 12.3. The Bertz CT molecular complexity index is 915. The molecule has 5 nitrogen and oxygen atoms in total. The second kappa shape index (κ2) is 7.75. The van der Waals surface area contributed by atoms with Gasteiger partial charge in [-0.3, -0.25) is 0 Å². The first kappa shape index (κ1) is 18.7. The predicted molar refractivity (Wildman–Crippen MR) is 99.6 cm³/mol. The van der Waals surface area contributed by atoms with Crippen LogP contribution in [0.3, 0.4) is 0 Å². The number of hydrogen-bond donors (Lipinski definition) is 0. The van der Waals surface area contributed by atoms with Gasteiger partial charge in [-0.25, -0.2) is 4.98 Å². The van der Waals surface area contributed by atoms with Crippen molar-refractivity contribution in [2.24, 2.45) is 0 Å². The maximum Gasteiger partial charge on any atom is 0.417 e. The molecule has 0 N–H and O–H groups in total. The minimum atomic E-state index is -4.40. The SMILES string of the molecule is FC(F)(F)c1ccc(OC2CCN(c3nnc(Cc4ccccc4)s3)C2)nc1. The number of rotatable bonds is 5. The number of anilines is 1. The fraction of sp³-hybridized carbons (Fsp3) is 0.316. The van der Waals surface area contributed by atoms with E-state index in [0.717, 1.165) is 41.8 Å². The van der Waals surface area contributed by atoms with E-state index in [2.05, 4.69) is 32.2 Å². The van der Waals surface area contributed by atoms with Crippen LogP contribution in [0.4, 0.5) is 18.3 Å². The third-order valence-corrected chi connectivity index (χ3v) is 5.41. The van der Waals surface area contributed by atoms with E-state index >= 15 is 0 Å². The Morgan fingerprint density at radius 1 is 1.11 bits per heavy atom. The molecule has 146 valence electrons. The lowest BCUT2D eigenvalue weighted by Crippen LogP contribution is -2.24. The van der Waals surface area contributed by atoms with Crippen molar-refractivity contribution in [2.45, 2.75) is 25.1 Å². The molecule has 0 amide bonds. The average Bonchev–Trinajstić information content (AvgIpc) is 3.32. The number of pyridine rings is 1. The largest absolute Gasteiger partial charge is 0.472 e. The zero-order valence-electron chi connectivity index (χ0n) is 14.8. The molecule has 3 heterocycles. The van der Waals surface area contributed by atoms with Crippen LogP contribution in [-0.2, 0) is 12.6 Å². The third kappa shape index (κ3) is 4.41. The molecule has 1 aliphatic heterocycles. The summed E-state index contributed by atoms with van der Waals surface area (Å²) in [4.78, 5) is 5.86. The van der Waals surface area contributed by atoms with Crippen molar-refractivity contribution in [3.8, 4) is 5.88 Å². The molecule has 1 aliphatic rings. The van der Waals surface area contributed by atoms with Crippen LogP contribution in [0.15, 0.2) is 48.7 Å². The Morgan fingerprint density at radius 3 is 2.64 bits per heavy atom. The topological polar surface area (TPSA) is 51.1 Å². The molecule has 0 bridgehead atoms. The summed E-state index contributed by atoms with van der Waals surface area (Å²) < 4.78 is 43.5. The van der Waals surface area contributed by atoms with E-state index in [4.69, 9.17) is 4.74 Å². The highest BCUT2D eigenvalue weighted by atomic mass is 32.1. The molecule has 1 atom stereocenters. The highest BCUT2D eigenvalue weighted by molar-refractivity contribution is 7.15. The van der Waals surface area contributed by atoms with Gasteiger partial charge in [0.15, 0.2) is 0 Å². The van der Waals surface area contributed by atoms with Crippen LogP contribution < -0.4 is 9.64 Å². The van der Waals surface area contributed by atoms with Crippen molar-refractivity contribution in [2.75, 3.05) is 18.0 Å². The van der Waals surface area contributed by atoms with Crippen LogP contribution in [0.5, 0.6) is 5.88 Å². The molecular formula is C19H17F3N4OS. The molecule has 1 fully saturated rings. The molecule has 28 heavy (non-hydrogen) atoms. The van der Waals surface area contributed by atoms with Crippen molar-refractivity contribution in [1.82, 2.24) is 15.2 Å². The second-order valence-electron chi connectivity index (χ2n) is 6.50. The molecular weight excluding hydrogens is 389 g/mol. The molecule has 4 rings (SSSR count). The Morgan fingerprint density at radius 2 is 1.93 bits per heavy atom. The maximum atomic E-state index is 12.6. The lowest BCUT2D eigenvalue weighted by atomic mass is 10.2. The van der Waals surface area contributed by atoms with Crippen molar-refractivity contribution in [3.05, 3.63) is 64.8 Å². The van der Waals surface area contributed by atoms with Gasteiger partial charge in [0, 0.05) is 31.6 Å². The van der Waals surface area contributed by atoms with E-state index in [1.54, 1.807) is 11.3 Å². The molecule has 0 spiro atoms. The van der Waals surface area contributed by atoms with Crippen molar-refractivity contribution >= 4 is 16.5 Å².